The molecule has 0 aliphatic heterocycles. The van der Waals surface area contributed by atoms with Crippen molar-refractivity contribution in [3.63, 3.8) is 0 Å². The summed E-state index contributed by atoms with van der Waals surface area (Å²) < 4.78 is 0. The second-order valence-electron chi connectivity index (χ2n) is 1.47. The number of aromatic nitrogens is 1. The zero-order chi connectivity index (χ0) is 6.69. The highest BCUT2D eigenvalue weighted by Crippen LogP contribution is 2.11. The van der Waals surface area contributed by atoms with Crippen LogP contribution in [0.4, 0.5) is 5.69 Å². The van der Waals surface area contributed by atoms with Crippen molar-refractivity contribution in [1.82, 2.24) is 4.98 Å². The summed E-state index contributed by atoms with van der Waals surface area (Å²) in [5.74, 6) is -0.109. The molecule has 9 heavy (non-hydrogen) atoms. The lowest BCUT2D eigenvalue weighted by atomic mass is 10.4. The molecule has 0 aliphatic carbocycles. The van der Waals surface area contributed by atoms with E-state index in [9.17, 15) is 4.91 Å². The summed E-state index contributed by atoms with van der Waals surface area (Å²) in [4.78, 5) is 13.2. The quantitative estimate of drug-likeness (QED) is 0.572. The van der Waals surface area contributed by atoms with Gasteiger partial charge in [0.1, 0.15) is 5.69 Å². The normalized spacial score (nSPS) is 8.89. The lowest BCUT2D eigenvalue weighted by molar-refractivity contribution is 0.453. The Morgan fingerprint density at radius 1 is 1.56 bits per heavy atom. The Hall–Kier alpha value is -1.45. The van der Waals surface area contributed by atoms with Crippen LogP contribution in [0.2, 0.25) is 0 Å². The average molecular weight is 124 g/mol. The van der Waals surface area contributed by atoms with Gasteiger partial charge in [0.2, 0.25) is 5.88 Å². The van der Waals surface area contributed by atoms with E-state index in [0.717, 1.165) is 0 Å². The minimum atomic E-state index is -0.109. The minimum absolute atomic E-state index is 0.109. The topological polar surface area (TPSA) is 62.5 Å². The van der Waals surface area contributed by atoms with Crippen molar-refractivity contribution < 1.29 is 5.11 Å². The highest BCUT2D eigenvalue weighted by molar-refractivity contribution is 5.34. The fourth-order valence-corrected chi connectivity index (χ4v) is 0.432. The van der Waals surface area contributed by atoms with Crippen molar-refractivity contribution in [3.8, 4) is 5.88 Å². The van der Waals surface area contributed by atoms with Gasteiger partial charge in [-0.15, -0.1) is 4.91 Å². The number of hydrogen-bond donors (Lipinski definition) is 1. The standard InChI is InChI=1S/C5H4N2O2/c8-5-2-1-4(7-9)3-6-5/h1-3H,(H,6,8). The highest BCUT2D eigenvalue weighted by atomic mass is 16.3. The Morgan fingerprint density at radius 3 is 2.78 bits per heavy atom. The molecule has 0 bridgehead atoms. The third kappa shape index (κ3) is 1.22. The molecule has 0 aromatic carbocycles. The number of rotatable bonds is 1. The van der Waals surface area contributed by atoms with Gasteiger partial charge in [0, 0.05) is 6.07 Å². The van der Waals surface area contributed by atoms with Crippen LogP contribution in [0.5, 0.6) is 5.88 Å². The first-order valence-electron chi connectivity index (χ1n) is 2.31. The van der Waals surface area contributed by atoms with Crippen molar-refractivity contribution in [1.29, 1.82) is 0 Å². The van der Waals surface area contributed by atoms with Crippen LogP contribution in [0.1, 0.15) is 0 Å². The fraction of sp³-hybridized carbons (Fsp3) is 0. The molecule has 1 N–H and O–H groups in total. The third-order valence-electron chi connectivity index (χ3n) is 0.838. The van der Waals surface area contributed by atoms with Gasteiger partial charge >= 0.3 is 0 Å². The van der Waals surface area contributed by atoms with Crippen LogP contribution in [0.25, 0.3) is 0 Å². The predicted molar refractivity (Wildman–Crippen MR) is 31.4 cm³/mol. The number of nitrogens with zero attached hydrogens (tertiary/aromatic N) is 2. The van der Waals surface area contributed by atoms with E-state index in [1.54, 1.807) is 0 Å². The van der Waals surface area contributed by atoms with Crippen LogP contribution in [0.15, 0.2) is 23.5 Å². The second kappa shape index (κ2) is 2.21. The largest absolute Gasteiger partial charge is 0.493 e. The third-order valence-corrected chi connectivity index (χ3v) is 0.838. The van der Waals surface area contributed by atoms with Gasteiger partial charge in [0.15, 0.2) is 0 Å². The zero-order valence-corrected chi connectivity index (χ0v) is 4.48. The summed E-state index contributed by atoms with van der Waals surface area (Å²) in [5.41, 5.74) is 0.216. The molecular weight excluding hydrogens is 120 g/mol. The maximum Gasteiger partial charge on any atom is 0.210 e. The van der Waals surface area contributed by atoms with E-state index >= 15 is 0 Å². The molecule has 0 radical (unpaired) electrons. The lowest BCUT2D eigenvalue weighted by Gasteiger charge is -1.86. The Morgan fingerprint density at radius 2 is 2.33 bits per heavy atom. The molecular formula is C5H4N2O2. The first kappa shape index (κ1) is 5.68. The number of hydrogen-bond acceptors (Lipinski definition) is 4. The van der Waals surface area contributed by atoms with E-state index in [0.29, 0.717) is 0 Å². The van der Waals surface area contributed by atoms with Crippen LogP contribution in [-0.2, 0) is 0 Å². The van der Waals surface area contributed by atoms with Gasteiger partial charge in [-0.25, -0.2) is 4.98 Å². The summed E-state index contributed by atoms with van der Waals surface area (Å²) in [5, 5.41) is 11.2. The van der Waals surface area contributed by atoms with Gasteiger partial charge in [-0.2, -0.15) is 0 Å². The molecule has 0 amide bonds. The van der Waals surface area contributed by atoms with Gasteiger partial charge in [0.25, 0.3) is 0 Å². The van der Waals surface area contributed by atoms with E-state index < -0.39 is 0 Å². The molecule has 1 aromatic rings. The summed E-state index contributed by atoms with van der Waals surface area (Å²) in [6, 6.07) is 2.69. The van der Waals surface area contributed by atoms with E-state index in [4.69, 9.17) is 5.11 Å². The smallest absolute Gasteiger partial charge is 0.210 e. The summed E-state index contributed by atoms with van der Waals surface area (Å²) in [6.45, 7) is 0. The maximum atomic E-state index is 9.75. The van der Waals surface area contributed by atoms with Gasteiger partial charge < -0.3 is 5.11 Å². The van der Waals surface area contributed by atoms with Crippen LogP contribution in [0.3, 0.4) is 0 Å². The fourth-order valence-electron chi connectivity index (χ4n) is 0.432. The Kier molecular flexibility index (Phi) is 1.40. The SMILES string of the molecule is O=Nc1ccc(O)nc1. The van der Waals surface area contributed by atoms with Crippen LogP contribution < -0.4 is 0 Å². The molecule has 0 saturated carbocycles. The van der Waals surface area contributed by atoms with Gasteiger partial charge in [-0.05, 0) is 11.2 Å². The summed E-state index contributed by atoms with van der Waals surface area (Å²) >= 11 is 0. The molecule has 4 heteroatoms. The van der Waals surface area contributed by atoms with Crippen molar-refractivity contribution in [2.45, 2.75) is 0 Å². The van der Waals surface area contributed by atoms with Crippen molar-refractivity contribution >= 4 is 5.69 Å². The molecule has 1 heterocycles. The van der Waals surface area contributed by atoms with Crippen molar-refractivity contribution in [2.75, 3.05) is 0 Å². The molecule has 0 unspecified atom stereocenters. The van der Waals surface area contributed by atoms with Crippen LogP contribution >= 0.6 is 0 Å². The number of aromatic hydroxyl groups is 1. The molecule has 46 valence electrons. The van der Waals surface area contributed by atoms with Gasteiger partial charge in [-0.1, -0.05) is 0 Å². The average Bonchev–Trinajstić information content (AvgIpc) is 1.90. The Bertz CT molecular complexity index is 207. The van der Waals surface area contributed by atoms with Crippen LogP contribution in [0, 0.1) is 4.91 Å². The Balaban J connectivity index is 3.01. The second-order valence-corrected chi connectivity index (χ2v) is 1.47. The number of pyridine rings is 1. The first-order chi connectivity index (χ1) is 4.33. The van der Waals surface area contributed by atoms with E-state index in [-0.39, 0.29) is 11.6 Å². The minimum Gasteiger partial charge on any atom is -0.493 e. The highest BCUT2D eigenvalue weighted by Gasteiger charge is 1.89. The van der Waals surface area contributed by atoms with Gasteiger partial charge in [0.05, 0.1) is 6.20 Å². The number of nitroso groups, excluding NO2 is 1. The molecule has 0 atom stereocenters. The molecule has 0 spiro atoms. The Labute approximate surface area is 51.1 Å². The van der Waals surface area contributed by atoms with Gasteiger partial charge in [-0.3, -0.25) is 0 Å². The molecule has 1 rings (SSSR count). The summed E-state index contributed by atoms with van der Waals surface area (Å²) in [6.07, 6.45) is 1.20. The first-order valence-corrected chi connectivity index (χ1v) is 2.31. The maximum absolute atomic E-state index is 9.75. The molecule has 0 saturated heterocycles. The zero-order valence-electron chi connectivity index (χ0n) is 4.48. The van der Waals surface area contributed by atoms with Crippen LogP contribution in [-0.4, -0.2) is 10.1 Å². The van der Waals surface area contributed by atoms with Crippen molar-refractivity contribution in [3.05, 3.63) is 23.2 Å². The summed E-state index contributed by atoms with van der Waals surface area (Å²) in [7, 11) is 0. The molecule has 0 fully saturated rings. The lowest BCUT2D eigenvalue weighted by Crippen LogP contribution is -1.69. The molecule has 4 nitrogen and oxygen atoms in total. The predicted octanol–water partition coefficient (Wildman–Crippen LogP) is 1.19. The monoisotopic (exact) mass is 124 g/mol. The van der Waals surface area contributed by atoms with E-state index in [1.807, 2.05) is 0 Å². The molecule has 0 aliphatic rings. The van der Waals surface area contributed by atoms with E-state index in [1.165, 1.54) is 18.3 Å². The van der Waals surface area contributed by atoms with E-state index in [2.05, 4.69) is 10.2 Å². The van der Waals surface area contributed by atoms with Crippen molar-refractivity contribution in [2.24, 2.45) is 5.18 Å². The molecule has 1 aromatic heterocycles.